The molecule has 0 atom stereocenters. The van der Waals surface area contributed by atoms with E-state index in [1.54, 1.807) is 24.3 Å². The molecule has 27 heavy (non-hydrogen) atoms. The molecular weight excluding hydrogens is 370 g/mol. The molecular formula is C19H21NO6S. The zero-order chi connectivity index (χ0) is 20.2. The second-order valence-electron chi connectivity index (χ2n) is 6.94. The number of rotatable bonds is 8. The molecule has 0 aliphatic rings. The summed E-state index contributed by atoms with van der Waals surface area (Å²) in [7, 11) is -2.28. The molecule has 2 aromatic carbocycles. The molecule has 0 N–H and O–H groups in total. The monoisotopic (exact) mass is 391 g/mol. The fourth-order valence-corrected chi connectivity index (χ4v) is 4.69. The van der Waals surface area contributed by atoms with Gasteiger partial charge in [0.25, 0.3) is 5.69 Å². The lowest BCUT2D eigenvalue weighted by Crippen LogP contribution is -2.26. The van der Waals surface area contributed by atoms with Gasteiger partial charge in [-0.15, -0.1) is 0 Å². The first-order chi connectivity index (χ1) is 12.6. The van der Waals surface area contributed by atoms with Crippen molar-refractivity contribution in [2.24, 2.45) is 5.41 Å². The molecule has 0 aliphatic heterocycles. The van der Waals surface area contributed by atoms with E-state index in [4.69, 9.17) is 4.74 Å². The van der Waals surface area contributed by atoms with Gasteiger partial charge in [-0.3, -0.25) is 10.1 Å². The van der Waals surface area contributed by atoms with Crippen molar-refractivity contribution in [2.75, 3.05) is 12.9 Å². The molecule has 0 saturated heterocycles. The lowest BCUT2D eigenvalue weighted by molar-refractivity contribution is -0.385. The number of carbonyl (C=O) groups excluding carboxylic acids is 1. The highest BCUT2D eigenvalue weighted by Crippen LogP contribution is 2.28. The smallest absolute Gasteiger partial charge is 0.269 e. The molecule has 0 saturated carbocycles. The van der Waals surface area contributed by atoms with Crippen LogP contribution in [0.25, 0.3) is 0 Å². The Morgan fingerprint density at radius 3 is 2.30 bits per heavy atom. The molecule has 0 aromatic heterocycles. The number of ether oxygens (including phenoxy) is 1. The number of nitro benzene ring substituents is 1. The molecule has 0 aliphatic carbocycles. The number of aldehydes is 1. The van der Waals surface area contributed by atoms with E-state index in [0.29, 0.717) is 17.6 Å². The van der Waals surface area contributed by atoms with Gasteiger partial charge >= 0.3 is 0 Å². The number of hydrogen-bond acceptors (Lipinski definition) is 6. The van der Waals surface area contributed by atoms with Crippen molar-refractivity contribution >= 4 is 21.8 Å². The third-order valence-electron chi connectivity index (χ3n) is 4.02. The summed E-state index contributed by atoms with van der Waals surface area (Å²) in [6, 6.07) is 10.7. The number of non-ortho nitro benzene ring substituents is 1. The second-order valence-corrected chi connectivity index (χ2v) is 8.90. The van der Waals surface area contributed by atoms with E-state index >= 15 is 0 Å². The summed E-state index contributed by atoms with van der Waals surface area (Å²) >= 11 is 0. The van der Waals surface area contributed by atoms with E-state index in [2.05, 4.69) is 0 Å². The predicted octanol–water partition coefficient (Wildman–Crippen LogP) is 3.19. The van der Waals surface area contributed by atoms with Crippen molar-refractivity contribution in [3.63, 3.8) is 0 Å². The van der Waals surface area contributed by atoms with Crippen LogP contribution in [0.4, 0.5) is 5.69 Å². The second kappa shape index (κ2) is 7.87. The Bertz CT molecular complexity index is 949. The summed E-state index contributed by atoms with van der Waals surface area (Å²) in [4.78, 5) is 21.7. The summed E-state index contributed by atoms with van der Waals surface area (Å²) < 4.78 is 30.8. The lowest BCUT2D eigenvalue weighted by Gasteiger charge is -2.18. The molecule has 0 amide bonds. The van der Waals surface area contributed by atoms with Crippen LogP contribution in [-0.2, 0) is 21.1 Å². The maximum Gasteiger partial charge on any atom is 0.269 e. The fourth-order valence-electron chi connectivity index (χ4n) is 2.69. The molecule has 0 radical (unpaired) electrons. The minimum Gasteiger partial charge on any atom is -0.497 e. The van der Waals surface area contributed by atoms with Gasteiger partial charge in [0.15, 0.2) is 9.84 Å². The molecule has 7 nitrogen and oxygen atoms in total. The summed E-state index contributed by atoms with van der Waals surface area (Å²) in [6.45, 7) is 3.07. The third-order valence-corrected chi connectivity index (χ3v) is 6.22. The van der Waals surface area contributed by atoms with Crippen molar-refractivity contribution in [3.05, 3.63) is 63.7 Å². The number of methoxy groups -OCH3 is 1. The van der Waals surface area contributed by atoms with Crippen molar-refractivity contribution < 1.29 is 22.9 Å². The van der Waals surface area contributed by atoms with Gasteiger partial charge in [0.05, 0.1) is 22.7 Å². The van der Waals surface area contributed by atoms with E-state index in [1.807, 2.05) is 0 Å². The summed E-state index contributed by atoms with van der Waals surface area (Å²) in [5.41, 5.74) is -0.150. The van der Waals surface area contributed by atoms with Gasteiger partial charge in [-0.25, -0.2) is 8.42 Å². The average molecular weight is 391 g/mol. The predicted molar refractivity (Wildman–Crippen MR) is 101 cm³/mol. The molecule has 0 bridgehead atoms. The molecule has 2 rings (SSSR count). The molecule has 0 fully saturated rings. The highest BCUT2D eigenvalue weighted by Gasteiger charge is 2.29. The molecule has 0 spiro atoms. The maximum absolute atomic E-state index is 12.9. The van der Waals surface area contributed by atoms with Crippen LogP contribution in [0.3, 0.4) is 0 Å². The van der Waals surface area contributed by atoms with Crippen molar-refractivity contribution in [1.29, 1.82) is 0 Å². The minimum absolute atomic E-state index is 0.00107. The normalized spacial score (nSPS) is 11.8. The van der Waals surface area contributed by atoms with E-state index in [-0.39, 0.29) is 22.8 Å². The molecule has 0 heterocycles. The Hall–Kier alpha value is -2.74. The van der Waals surface area contributed by atoms with Crippen LogP contribution in [0.15, 0.2) is 47.4 Å². The highest BCUT2D eigenvalue weighted by atomic mass is 32.2. The van der Waals surface area contributed by atoms with Crippen molar-refractivity contribution in [2.45, 2.75) is 25.2 Å². The van der Waals surface area contributed by atoms with E-state index in [0.717, 1.165) is 11.6 Å². The quantitative estimate of drug-likeness (QED) is 0.389. The summed E-state index contributed by atoms with van der Waals surface area (Å²) in [5, 5.41) is 11.1. The summed E-state index contributed by atoms with van der Waals surface area (Å²) in [6.07, 6.45) is 0.793. The van der Waals surface area contributed by atoms with Crippen molar-refractivity contribution in [3.8, 4) is 5.75 Å². The molecule has 2 aromatic rings. The average Bonchev–Trinajstić information content (AvgIpc) is 2.61. The van der Waals surface area contributed by atoms with Gasteiger partial charge in [0.1, 0.15) is 12.0 Å². The van der Waals surface area contributed by atoms with E-state index in [9.17, 15) is 23.3 Å². The zero-order valence-corrected chi connectivity index (χ0v) is 16.2. The van der Waals surface area contributed by atoms with E-state index < -0.39 is 20.2 Å². The number of carbonyl (C=O) groups is 1. The minimum atomic E-state index is -3.81. The Morgan fingerprint density at radius 2 is 1.78 bits per heavy atom. The Labute approximate surface area is 158 Å². The summed E-state index contributed by atoms with van der Waals surface area (Å²) in [5.74, 6) is 0.273. The first-order valence-electron chi connectivity index (χ1n) is 8.17. The molecule has 8 heteroatoms. The van der Waals surface area contributed by atoms with Crippen LogP contribution in [-0.4, -0.2) is 32.5 Å². The fraction of sp³-hybridized carbons (Fsp3) is 0.316. The van der Waals surface area contributed by atoms with Crippen LogP contribution in [0.2, 0.25) is 0 Å². The van der Waals surface area contributed by atoms with Crippen molar-refractivity contribution in [1.82, 2.24) is 0 Å². The first-order valence-corrected chi connectivity index (χ1v) is 9.82. The number of sulfone groups is 1. The highest BCUT2D eigenvalue weighted by molar-refractivity contribution is 7.91. The van der Waals surface area contributed by atoms with Crippen LogP contribution in [0.5, 0.6) is 5.75 Å². The number of benzene rings is 2. The number of nitrogens with zero attached hydrogens (tertiary/aromatic N) is 1. The van der Waals surface area contributed by atoms with Gasteiger partial charge in [0, 0.05) is 17.5 Å². The topological polar surface area (TPSA) is 104 Å². The first kappa shape index (κ1) is 20.6. The van der Waals surface area contributed by atoms with Gasteiger partial charge in [-0.1, -0.05) is 26.0 Å². The van der Waals surface area contributed by atoms with Crippen LogP contribution in [0, 0.1) is 15.5 Å². The van der Waals surface area contributed by atoms with Crippen LogP contribution < -0.4 is 4.74 Å². The Morgan fingerprint density at radius 1 is 1.15 bits per heavy atom. The SMILES string of the molecule is COc1ccc(Cc2cc([N+](=O)[O-])ccc2S(=O)(=O)CC(C)(C)C=O)cc1. The van der Waals surface area contributed by atoms with Crippen LogP contribution in [0.1, 0.15) is 25.0 Å². The maximum atomic E-state index is 12.9. The van der Waals surface area contributed by atoms with Gasteiger partial charge in [0.2, 0.25) is 0 Å². The van der Waals surface area contributed by atoms with Gasteiger partial charge in [-0.05, 0) is 35.7 Å². The van der Waals surface area contributed by atoms with Gasteiger partial charge < -0.3 is 9.53 Å². The van der Waals surface area contributed by atoms with Gasteiger partial charge in [-0.2, -0.15) is 0 Å². The zero-order valence-electron chi connectivity index (χ0n) is 15.3. The molecule has 0 unspecified atom stereocenters. The van der Waals surface area contributed by atoms with Crippen LogP contribution >= 0.6 is 0 Å². The Balaban J connectivity index is 2.50. The third kappa shape index (κ3) is 5.13. The number of hydrogen-bond donors (Lipinski definition) is 0. The Kier molecular flexibility index (Phi) is 6.00. The standard InChI is InChI=1S/C19H21NO6S/c1-19(2,12-21)13-27(24,25)18-9-6-16(20(22)23)11-15(18)10-14-4-7-17(26-3)8-5-14/h4-9,11-12H,10,13H2,1-3H3. The molecule has 144 valence electrons. The number of nitro groups is 1. The largest absolute Gasteiger partial charge is 0.497 e. The lowest BCUT2D eigenvalue weighted by atomic mass is 10.00. The van der Waals surface area contributed by atoms with E-state index in [1.165, 1.54) is 33.1 Å².